The fraction of sp³-hybridized carbons (Fsp3) is 0.469. The van der Waals surface area contributed by atoms with E-state index in [-0.39, 0.29) is 35.4 Å². The fourth-order valence-electron chi connectivity index (χ4n) is 7.21. The van der Waals surface area contributed by atoms with Crippen molar-refractivity contribution in [2.45, 2.75) is 45.3 Å². The molecule has 2 aromatic carbocycles. The molecule has 2 aromatic rings. The van der Waals surface area contributed by atoms with E-state index in [1.54, 1.807) is 0 Å². The van der Waals surface area contributed by atoms with E-state index in [1.807, 2.05) is 12.1 Å². The molecule has 2 saturated heterocycles. The van der Waals surface area contributed by atoms with Crippen LogP contribution in [0.5, 0.6) is 0 Å². The van der Waals surface area contributed by atoms with Crippen LogP contribution in [0, 0.1) is 17.3 Å². The Morgan fingerprint density at radius 1 is 1.03 bits per heavy atom. The Hall–Kier alpha value is -2.40. The number of hydrogen-bond donors (Lipinski definition) is 0. The van der Waals surface area contributed by atoms with Crippen LogP contribution in [0.15, 0.2) is 77.9 Å². The molecule has 6 rings (SSSR count). The summed E-state index contributed by atoms with van der Waals surface area (Å²) in [5.41, 5.74) is 5.57. The molecule has 37 heavy (non-hydrogen) atoms. The first-order chi connectivity index (χ1) is 17.9. The maximum atomic E-state index is 13.1. The van der Waals surface area contributed by atoms with Gasteiger partial charge in [-0.15, -0.1) is 0 Å². The molecule has 0 radical (unpaired) electrons. The number of hydrogen-bond acceptors (Lipinski definition) is 4. The average molecular weight is 517 g/mol. The maximum absolute atomic E-state index is 13.1. The summed E-state index contributed by atoms with van der Waals surface area (Å²) >= 11 is 6.20. The van der Waals surface area contributed by atoms with E-state index in [0.717, 1.165) is 57.0 Å². The number of piperazine rings is 1. The van der Waals surface area contributed by atoms with Gasteiger partial charge in [0, 0.05) is 43.7 Å². The van der Waals surface area contributed by atoms with Crippen LogP contribution in [0.25, 0.3) is 0 Å². The van der Waals surface area contributed by atoms with E-state index in [0.29, 0.717) is 0 Å². The van der Waals surface area contributed by atoms with Gasteiger partial charge in [0.05, 0.1) is 12.0 Å². The molecule has 5 unspecified atom stereocenters. The summed E-state index contributed by atoms with van der Waals surface area (Å²) < 4.78 is 6.00. The minimum Gasteiger partial charge on any atom is -0.461 e. The average Bonchev–Trinajstić information content (AvgIpc) is 3.19. The standard InChI is InChI=1S/C32H37ClN2O2/c1-22-7-6-14-32(2)20-29-26(19-28(22)32)27(31(36)37-29)21-34-15-17-35(18-16-34)30(23-8-4-3-5-9-23)24-10-12-25(33)13-11-24/h3-5,7-13,19,26-27,29-30H,6,14-18,20-21H2,1-2H3. The Kier molecular flexibility index (Phi) is 6.77. The minimum atomic E-state index is -0.0653. The Labute approximate surface area is 225 Å². The highest BCUT2D eigenvalue weighted by Crippen LogP contribution is 2.52. The topological polar surface area (TPSA) is 32.8 Å². The molecule has 2 fully saturated rings. The third kappa shape index (κ3) is 4.80. The van der Waals surface area contributed by atoms with Crippen molar-refractivity contribution >= 4 is 17.6 Å². The normalized spacial score (nSPS) is 31.1. The number of carbonyl (C=O) groups excluding carboxylic acids is 1. The minimum absolute atomic E-state index is 0.00138. The van der Waals surface area contributed by atoms with Crippen molar-refractivity contribution in [2.24, 2.45) is 17.3 Å². The molecule has 2 aliphatic heterocycles. The second-order valence-electron chi connectivity index (χ2n) is 11.6. The van der Waals surface area contributed by atoms with Crippen molar-refractivity contribution in [1.29, 1.82) is 0 Å². The van der Waals surface area contributed by atoms with Crippen LogP contribution in [0.2, 0.25) is 5.02 Å². The van der Waals surface area contributed by atoms with Gasteiger partial charge < -0.3 is 4.74 Å². The summed E-state index contributed by atoms with van der Waals surface area (Å²) in [5.74, 6) is 0.132. The number of esters is 1. The van der Waals surface area contributed by atoms with Crippen LogP contribution in [-0.4, -0.2) is 54.6 Å². The molecule has 194 valence electrons. The summed E-state index contributed by atoms with van der Waals surface area (Å²) in [6.45, 7) is 9.19. The number of carbonyl (C=O) groups is 1. The van der Waals surface area contributed by atoms with Crippen molar-refractivity contribution in [2.75, 3.05) is 32.7 Å². The summed E-state index contributed by atoms with van der Waals surface area (Å²) in [6.07, 6.45) is 8.05. The van der Waals surface area contributed by atoms with Gasteiger partial charge in [0.1, 0.15) is 6.10 Å². The maximum Gasteiger partial charge on any atom is 0.311 e. The quantitative estimate of drug-likeness (QED) is 0.438. The molecule has 4 nitrogen and oxygen atoms in total. The number of allylic oxidation sites excluding steroid dienone is 3. The summed E-state index contributed by atoms with van der Waals surface area (Å²) in [4.78, 5) is 18.1. The van der Waals surface area contributed by atoms with Gasteiger partial charge in [0.25, 0.3) is 0 Å². The van der Waals surface area contributed by atoms with Gasteiger partial charge >= 0.3 is 5.97 Å². The number of ether oxygens (including phenoxy) is 1. The van der Waals surface area contributed by atoms with Crippen LogP contribution in [0.4, 0.5) is 0 Å². The highest BCUT2D eigenvalue weighted by atomic mass is 35.5. The molecule has 0 bridgehead atoms. The number of halogens is 1. The highest BCUT2D eigenvalue weighted by molar-refractivity contribution is 6.30. The molecule has 0 saturated carbocycles. The third-order valence-electron chi connectivity index (χ3n) is 9.22. The lowest BCUT2D eigenvalue weighted by Gasteiger charge is -2.43. The number of rotatable bonds is 5. The van der Waals surface area contributed by atoms with E-state index in [1.165, 1.54) is 22.3 Å². The van der Waals surface area contributed by atoms with Crippen LogP contribution in [0.1, 0.15) is 50.3 Å². The predicted octanol–water partition coefficient (Wildman–Crippen LogP) is 6.28. The molecule has 5 heteroatoms. The zero-order chi connectivity index (χ0) is 25.6. The number of fused-ring (bicyclic) bond motifs is 2. The molecule has 2 aliphatic carbocycles. The van der Waals surface area contributed by atoms with Crippen molar-refractivity contribution in [3.8, 4) is 0 Å². The first-order valence-electron chi connectivity index (χ1n) is 13.8. The lowest BCUT2D eigenvalue weighted by molar-refractivity contribution is -0.145. The van der Waals surface area contributed by atoms with Crippen molar-refractivity contribution in [3.05, 3.63) is 94.0 Å². The summed E-state index contributed by atoms with van der Waals surface area (Å²) in [5, 5.41) is 0.763. The molecular weight excluding hydrogens is 480 g/mol. The number of benzene rings is 2. The molecule has 0 aromatic heterocycles. The van der Waals surface area contributed by atoms with Crippen molar-refractivity contribution in [1.82, 2.24) is 9.80 Å². The van der Waals surface area contributed by atoms with Crippen molar-refractivity contribution in [3.63, 3.8) is 0 Å². The fourth-order valence-corrected chi connectivity index (χ4v) is 7.34. The van der Waals surface area contributed by atoms with Gasteiger partial charge in [-0.25, -0.2) is 0 Å². The van der Waals surface area contributed by atoms with E-state index >= 15 is 0 Å². The molecule has 2 heterocycles. The molecule has 5 atom stereocenters. The highest BCUT2D eigenvalue weighted by Gasteiger charge is 2.51. The zero-order valence-electron chi connectivity index (χ0n) is 21.9. The molecule has 0 amide bonds. The molecule has 4 aliphatic rings. The van der Waals surface area contributed by atoms with Gasteiger partial charge in [0.2, 0.25) is 0 Å². The van der Waals surface area contributed by atoms with Gasteiger partial charge in [-0.2, -0.15) is 0 Å². The monoisotopic (exact) mass is 516 g/mol. The van der Waals surface area contributed by atoms with Crippen LogP contribution in [-0.2, 0) is 9.53 Å². The Morgan fingerprint density at radius 2 is 1.73 bits per heavy atom. The van der Waals surface area contributed by atoms with Crippen LogP contribution < -0.4 is 0 Å². The zero-order valence-corrected chi connectivity index (χ0v) is 22.7. The van der Waals surface area contributed by atoms with E-state index < -0.39 is 0 Å². The Bertz CT molecular complexity index is 1200. The number of nitrogens with zero attached hydrogens (tertiary/aromatic N) is 2. The first-order valence-corrected chi connectivity index (χ1v) is 14.2. The lowest BCUT2D eigenvalue weighted by atomic mass is 9.62. The summed E-state index contributed by atoms with van der Waals surface area (Å²) in [6, 6.07) is 19.2. The lowest BCUT2D eigenvalue weighted by Crippen LogP contribution is -2.50. The van der Waals surface area contributed by atoms with Crippen molar-refractivity contribution < 1.29 is 9.53 Å². The van der Waals surface area contributed by atoms with E-state index in [9.17, 15) is 4.79 Å². The van der Waals surface area contributed by atoms with Crippen LogP contribution >= 0.6 is 11.6 Å². The predicted molar refractivity (Wildman–Crippen MR) is 148 cm³/mol. The second kappa shape index (κ2) is 10.1. The summed E-state index contributed by atoms with van der Waals surface area (Å²) in [7, 11) is 0. The van der Waals surface area contributed by atoms with Gasteiger partial charge in [0.15, 0.2) is 0 Å². The molecular formula is C32H37ClN2O2. The Morgan fingerprint density at radius 3 is 2.46 bits per heavy atom. The second-order valence-corrected chi connectivity index (χ2v) is 12.1. The first kappa shape index (κ1) is 24.9. The van der Waals surface area contributed by atoms with Crippen LogP contribution in [0.3, 0.4) is 0 Å². The van der Waals surface area contributed by atoms with E-state index in [2.05, 4.69) is 78.3 Å². The SMILES string of the molecule is CC1=CCCC2(C)CC3OC(=O)C(CN4CCN(C(c5ccccc5)c5ccc(Cl)cc5)CC4)C3C=C12. The molecule has 0 spiro atoms. The van der Waals surface area contributed by atoms with Gasteiger partial charge in [-0.05, 0) is 60.4 Å². The molecule has 0 N–H and O–H groups in total. The van der Waals surface area contributed by atoms with Gasteiger partial charge in [-0.3, -0.25) is 14.6 Å². The Balaban J connectivity index is 1.16. The van der Waals surface area contributed by atoms with Gasteiger partial charge in [-0.1, -0.05) is 78.7 Å². The van der Waals surface area contributed by atoms with E-state index in [4.69, 9.17) is 16.3 Å². The third-order valence-corrected chi connectivity index (χ3v) is 9.48. The smallest absolute Gasteiger partial charge is 0.311 e. The largest absolute Gasteiger partial charge is 0.461 e.